The molecule has 1 amide bonds. The molecule has 0 aliphatic rings. The van der Waals surface area contributed by atoms with E-state index >= 15 is 0 Å². The summed E-state index contributed by atoms with van der Waals surface area (Å²) in [6.45, 7) is 8.98. The normalized spacial score (nSPS) is 12.8. The van der Waals surface area contributed by atoms with E-state index in [0.29, 0.717) is 6.54 Å². The van der Waals surface area contributed by atoms with Crippen molar-refractivity contribution >= 4 is 13.5 Å². The Labute approximate surface area is 159 Å². The zero-order valence-electron chi connectivity index (χ0n) is 17.3. The van der Waals surface area contributed by atoms with Gasteiger partial charge in [-0.2, -0.15) is 0 Å². The summed E-state index contributed by atoms with van der Waals surface area (Å²) in [5.41, 5.74) is 4.04. The lowest BCUT2D eigenvalue weighted by molar-refractivity contribution is -0.120. The molecule has 0 saturated carbocycles. The zero-order chi connectivity index (χ0) is 20.0. The number of allylic oxidation sites excluding steroid dienone is 5. The van der Waals surface area contributed by atoms with Gasteiger partial charge in [-0.05, 0) is 53.4 Å². The number of hydrogen-bond acceptors (Lipinski definition) is 4. The lowest BCUT2D eigenvalue weighted by Gasteiger charge is -2.12. The van der Waals surface area contributed by atoms with Crippen LogP contribution in [-0.2, 0) is 18.4 Å². The van der Waals surface area contributed by atoms with Gasteiger partial charge in [-0.3, -0.25) is 9.36 Å². The van der Waals surface area contributed by atoms with Crippen molar-refractivity contribution in [3.63, 3.8) is 0 Å². The van der Waals surface area contributed by atoms with E-state index in [2.05, 4.69) is 45.2 Å². The van der Waals surface area contributed by atoms with Crippen molar-refractivity contribution in [3.8, 4) is 0 Å². The van der Waals surface area contributed by atoms with Crippen LogP contribution in [-0.4, -0.2) is 32.8 Å². The molecule has 0 bridgehead atoms. The van der Waals surface area contributed by atoms with Crippen LogP contribution in [0.1, 0.15) is 59.8 Å². The van der Waals surface area contributed by atoms with Gasteiger partial charge in [-0.15, -0.1) is 0 Å². The molecule has 0 unspecified atom stereocenters. The molecule has 1 N–H and O–H groups in total. The molecule has 0 radical (unpaired) electrons. The lowest BCUT2D eigenvalue weighted by atomic mass is 10.1. The van der Waals surface area contributed by atoms with E-state index in [1.807, 2.05) is 6.08 Å². The molecule has 0 aromatic heterocycles. The third-order valence-corrected chi connectivity index (χ3v) is 5.93. The minimum atomic E-state index is -3.11. The quantitative estimate of drug-likeness (QED) is 0.341. The molecular formula is C20H36NO4P. The van der Waals surface area contributed by atoms with Crippen LogP contribution in [0.5, 0.6) is 0 Å². The second kappa shape index (κ2) is 14.0. The Bertz CT molecular complexity index is 552. The Morgan fingerprint density at radius 2 is 1.42 bits per heavy atom. The highest BCUT2D eigenvalue weighted by atomic mass is 31.2. The molecule has 0 rings (SSSR count). The molecule has 0 aromatic rings. The minimum absolute atomic E-state index is 0.0886. The average Bonchev–Trinajstić information content (AvgIpc) is 2.59. The van der Waals surface area contributed by atoms with E-state index in [9.17, 15) is 9.36 Å². The monoisotopic (exact) mass is 385 g/mol. The molecule has 5 nitrogen and oxygen atoms in total. The predicted octanol–water partition coefficient (Wildman–Crippen LogP) is 5.40. The van der Waals surface area contributed by atoms with Crippen molar-refractivity contribution in [1.82, 2.24) is 5.32 Å². The minimum Gasteiger partial charge on any atom is -0.353 e. The summed E-state index contributed by atoms with van der Waals surface area (Å²) in [7, 11) is -0.460. The molecule has 0 aliphatic carbocycles. The highest BCUT2D eigenvalue weighted by Crippen LogP contribution is 2.46. The van der Waals surface area contributed by atoms with Crippen LogP contribution in [0.3, 0.4) is 0 Å². The summed E-state index contributed by atoms with van der Waals surface area (Å²) >= 11 is 0. The van der Waals surface area contributed by atoms with E-state index in [0.717, 1.165) is 25.7 Å². The standard InChI is InChI=1S/C20H36NO4P/c1-17(2)9-7-10-18(3)11-8-12-19(4)13-15-21-20(22)14-16-26(23,24-5)25-6/h9,11,13H,7-8,10,12,14-16H2,1-6H3,(H,21,22)/b18-11+,19-13+. The first-order chi connectivity index (χ1) is 12.2. The number of amides is 1. The van der Waals surface area contributed by atoms with Gasteiger partial charge in [0.25, 0.3) is 0 Å². The summed E-state index contributed by atoms with van der Waals surface area (Å²) in [5.74, 6) is -0.154. The second-order valence-corrected chi connectivity index (χ2v) is 9.11. The molecule has 0 spiro atoms. The van der Waals surface area contributed by atoms with Crippen molar-refractivity contribution in [1.29, 1.82) is 0 Å². The number of carbonyl (C=O) groups excluding carboxylic acids is 1. The summed E-state index contributed by atoms with van der Waals surface area (Å²) < 4.78 is 21.5. The third-order valence-electron chi connectivity index (χ3n) is 4.04. The number of rotatable bonds is 13. The first-order valence-corrected chi connectivity index (χ1v) is 10.9. The van der Waals surface area contributed by atoms with Crippen molar-refractivity contribution in [2.45, 2.75) is 59.8 Å². The Morgan fingerprint density at radius 1 is 0.885 bits per heavy atom. The number of carbonyl (C=O) groups is 1. The lowest BCUT2D eigenvalue weighted by Crippen LogP contribution is -2.24. The van der Waals surface area contributed by atoms with E-state index < -0.39 is 7.60 Å². The number of hydrogen-bond donors (Lipinski definition) is 1. The predicted molar refractivity (Wildman–Crippen MR) is 110 cm³/mol. The van der Waals surface area contributed by atoms with Crippen molar-refractivity contribution in [2.75, 3.05) is 26.9 Å². The second-order valence-electron chi connectivity index (χ2n) is 6.71. The maximum atomic E-state index is 11.9. The van der Waals surface area contributed by atoms with Crippen LogP contribution in [0.2, 0.25) is 0 Å². The van der Waals surface area contributed by atoms with E-state index in [1.165, 1.54) is 30.9 Å². The fraction of sp³-hybridized carbons (Fsp3) is 0.650. The molecule has 0 aliphatic heterocycles. The maximum absolute atomic E-state index is 11.9. The van der Waals surface area contributed by atoms with Crippen molar-refractivity contribution in [2.24, 2.45) is 0 Å². The average molecular weight is 385 g/mol. The zero-order valence-corrected chi connectivity index (χ0v) is 18.2. The fourth-order valence-corrected chi connectivity index (χ4v) is 3.25. The van der Waals surface area contributed by atoms with Crippen LogP contribution in [0.4, 0.5) is 0 Å². The summed E-state index contributed by atoms with van der Waals surface area (Å²) in [6.07, 6.45) is 11.0. The van der Waals surface area contributed by atoms with Gasteiger partial charge in [0.15, 0.2) is 0 Å². The SMILES string of the molecule is COP(=O)(CCC(=O)NC/C=C(\C)CC/C=C(\C)CCC=C(C)C)OC. The fourth-order valence-electron chi connectivity index (χ4n) is 2.26. The smallest absolute Gasteiger partial charge is 0.330 e. The van der Waals surface area contributed by atoms with Gasteiger partial charge >= 0.3 is 7.60 Å². The van der Waals surface area contributed by atoms with Crippen LogP contribution < -0.4 is 5.32 Å². The first-order valence-electron chi connectivity index (χ1n) is 9.14. The van der Waals surface area contributed by atoms with Gasteiger partial charge in [0.1, 0.15) is 0 Å². The molecular weight excluding hydrogens is 349 g/mol. The molecule has 0 saturated heterocycles. The van der Waals surface area contributed by atoms with Crippen LogP contribution >= 0.6 is 7.60 Å². The Balaban J connectivity index is 4.05. The summed E-state index contributed by atoms with van der Waals surface area (Å²) in [5, 5.41) is 2.80. The molecule has 0 atom stereocenters. The first kappa shape index (κ1) is 24.8. The molecule has 0 fully saturated rings. The Kier molecular flexibility index (Phi) is 13.3. The van der Waals surface area contributed by atoms with Gasteiger partial charge < -0.3 is 14.4 Å². The topological polar surface area (TPSA) is 64.6 Å². The van der Waals surface area contributed by atoms with Gasteiger partial charge in [0.2, 0.25) is 5.91 Å². The van der Waals surface area contributed by atoms with Gasteiger partial charge in [-0.1, -0.05) is 34.9 Å². The highest BCUT2D eigenvalue weighted by molar-refractivity contribution is 7.53. The van der Waals surface area contributed by atoms with E-state index in [4.69, 9.17) is 9.05 Å². The molecule has 26 heavy (non-hydrogen) atoms. The maximum Gasteiger partial charge on any atom is 0.330 e. The van der Waals surface area contributed by atoms with Crippen LogP contribution in [0.15, 0.2) is 34.9 Å². The van der Waals surface area contributed by atoms with E-state index in [-0.39, 0.29) is 18.5 Å². The Morgan fingerprint density at radius 3 is 1.96 bits per heavy atom. The third kappa shape index (κ3) is 13.1. The summed E-state index contributed by atoms with van der Waals surface area (Å²) in [6, 6.07) is 0. The van der Waals surface area contributed by atoms with Crippen LogP contribution in [0, 0.1) is 0 Å². The molecule has 150 valence electrons. The van der Waals surface area contributed by atoms with Crippen molar-refractivity contribution in [3.05, 3.63) is 34.9 Å². The van der Waals surface area contributed by atoms with Gasteiger partial charge in [0, 0.05) is 27.2 Å². The van der Waals surface area contributed by atoms with Gasteiger partial charge in [0.05, 0.1) is 6.16 Å². The highest BCUT2D eigenvalue weighted by Gasteiger charge is 2.21. The Hall–Kier alpha value is -1.16. The molecule has 6 heteroatoms. The van der Waals surface area contributed by atoms with Crippen molar-refractivity contribution < 1.29 is 18.4 Å². The van der Waals surface area contributed by atoms with Crippen LogP contribution in [0.25, 0.3) is 0 Å². The van der Waals surface area contributed by atoms with E-state index in [1.54, 1.807) is 0 Å². The summed E-state index contributed by atoms with van der Waals surface area (Å²) in [4.78, 5) is 11.8. The number of nitrogens with one attached hydrogen (secondary N) is 1. The largest absolute Gasteiger partial charge is 0.353 e. The molecule has 0 aromatic carbocycles. The van der Waals surface area contributed by atoms with Gasteiger partial charge in [-0.25, -0.2) is 0 Å². The molecule has 0 heterocycles.